The summed E-state index contributed by atoms with van der Waals surface area (Å²) in [5.74, 6) is -0.775. The van der Waals surface area contributed by atoms with Crippen molar-refractivity contribution in [3.05, 3.63) is 75.7 Å². The summed E-state index contributed by atoms with van der Waals surface area (Å²) in [4.78, 5) is 28.8. The van der Waals surface area contributed by atoms with Gasteiger partial charge in [-0.05, 0) is 29.0 Å². The molecule has 0 saturated heterocycles. The van der Waals surface area contributed by atoms with E-state index in [2.05, 4.69) is 18.8 Å². The van der Waals surface area contributed by atoms with Gasteiger partial charge in [-0.3, -0.25) is 4.79 Å². The lowest BCUT2D eigenvalue weighted by molar-refractivity contribution is 0.0691. The molecule has 0 radical (unpaired) electrons. The molecule has 166 valence electrons. The van der Waals surface area contributed by atoms with Crippen LogP contribution in [0.15, 0.2) is 58.7 Å². The van der Waals surface area contributed by atoms with E-state index in [4.69, 9.17) is 5.73 Å². The Morgan fingerprint density at radius 2 is 1.84 bits per heavy atom. The van der Waals surface area contributed by atoms with Crippen molar-refractivity contribution < 1.29 is 9.90 Å². The normalized spacial score (nSPS) is 11.0. The molecule has 6 nitrogen and oxygen atoms in total. The minimum atomic E-state index is -1.06. The molecule has 2 aromatic heterocycles. The highest BCUT2D eigenvalue weighted by Crippen LogP contribution is 2.34. The number of fused-ring (bicyclic) bond motifs is 1. The van der Waals surface area contributed by atoms with Crippen LogP contribution in [0.5, 0.6) is 0 Å². The molecule has 0 atom stereocenters. The number of aromatic nitrogens is 2. The van der Waals surface area contributed by atoms with Crippen molar-refractivity contribution >= 4 is 40.5 Å². The van der Waals surface area contributed by atoms with Crippen molar-refractivity contribution in [2.75, 3.05) is 0 Å². The number of thiazole rings is 1. The Hall–Kier alpha value is -3.00. The third-order valence-corrected chi connectivity index (χ3v) is 6.04. The number of nitrogens with zero attached hydrogens (tertiary/aromatic N) is 2. The lowest BCUT2D eigenvalue weighted by Gasteiger charge is -2.21. The summed E-state index contributed by atoms with van der Waals surface area (Å²) in [6.45, 7) is 4.96. The molecule has 3 N–H and O–H groups in total. The Morgan fingerprint density at radius 3 is 2.44 bits per heavy atom. The van der Waals surface area contributed by atoms with Crippen LogP contribution in [0.3, 0.4) is 0 Å². The molecule has 4 rings (SSSR count). The molecule has 0 spiro atoms. The summed E-state index contributed by atoms with van der Waals surface area (Å²) in [7, 11) is 0. The Labute approximate surface area is 195 Å². The van der Waals surface area contributed by atoms with E-state index in [1.807, 2.05) is 42.5 Å². The lowest BCUT2D eigenvalue weighted by Crippen LogP contribution is -2.28. The number of carbonyl (C=O) groups is 1. The maximum atomic E-state index is 13.4. The lowest BCUT2D eigenvalue weighted by atomic mass is 9.95. The highest BCUT2D eigenvalue weighted by atomic mass is 35.5. The molecule has 4 aromatic rings. The second-order valence-electron chi connectivity index (χ2n) is 7.80. The van der Waals surface area contributed by atoms with Crippen LogP contribution >= 0.6 is 23.7 Å². The standard InChI is InChI=1S/C24H23N3O3S.ClH/c1-14(2)12-27-20(11-25)21(15-6-4-3-5-7-15)18-10-16(8-9-17(18)23(27)28)22-26-19(13-31-22)24(29)30;/h3-10,13-14H,11-12,25H2,1-2H3,(H,29,30);1H. The minimum Gasteiger partial charge on any atom is -0.476 e. The van der Waals surface area contributed by atoms with Gasteiger partial charge in [0.25, 0.3) is 5.56 Å². The van der Waals surface area contributed by atoms with Gasteiger partial charge in [0.05, 0.1) is 0 Å². The highest BCUT2D eigenvalue weighted by Gasteiger charge is 2.19. The quantitative estimate of drug-likeness (QED) is 0.412. The molecule has 0 unspecified atom stereocenters. The van der Waals surface area contributed by atoms with Gasteiger partial charge in [-0.25, -0.2) is 9.78 Å². The van der Waals surface area contributed by atoms with E-state index in [0.717, 1.165) is 27.8 Å². The SMILES string of the molecule is CC(C)Cn1c(CN)c(-c2ccccc2)c2cc(-c3nc(C(=O)O)cs3)ccc2c1=O.Cl. The predicted octanol–water partition coefficient (Wildman–Crippen LogP) is 5.03. The number of rotatable bonds is 6. The van der Waals surface area contributed by atoms with Gasteiger partial charge >= 0.3 is 5.97 Å². The second-order valence-corrected chi connectivity index (χ2v) is 8.66. The summed E-state index contributed by atoms with van der Waals surface area (Å²) in [5, 5.41) is 12.7. The molecule has 2 aromatic carbocycles. The monoisotopic (exact) mass is 469 g/mol. The number of nitrogens with two attached hydrogens (primary N) is 1. The van der Waals surface area contributed by atoms with E-state index in [0.29, 0.717) is 16.9 Å². The number of hydrogen-bond acceptors (Lipinski definition) is 5. The number of hydrogen-bond donors (Lipinski definition) is 2. The van der Waals surface area contributed by atoms with E-state index < -0.39 is 5.97 Å². The first-order valence-corrected chi connectivity index (χ1v) is 10.9. The molecule has 0 aliphatic rings. The maximum absolute atomic E-state index is 13.4. The van der Waals surface area contributed by atoms with Gasteiger partial charge in [-0.15, -0.1) is 23.7 Å². The first kappa shape index (κ1) is 23.7. The molecule has 8 heteroatoms. The average molecular weight is 470 g/mol. The zero-order chi connectivity index (χ0) is 22.1. The Bertz CT molecular complexity index is 1330. The van der Waals surface area contributed by atoms with Gasteiger partial charge < -0.3 is 15.4 Å². The molecule has 0 bridgehead atoms. The Kier molecular flexibility index (Phi) is 7.13. The summed E-state index contributed by atoms with van der Waals surface area (Å²) in [6, 6.07) is 15.4. The number of carboxylic acid groups (broad SMARTS) is 1. The molecule has 0 saturated carbocycles. The van der Waals surface area contributed by atoms with E-state index in [1.165, 1.54) is 16.7 Å². The third kappa shape index (κ3) is 4.32. The van der Waals surface area contributed by atoms with E-state index in [9.17, 15) is 14.7 Å². The van der Waals surface area contributed by atoms with Crippen LogP contribution in [0.2, 0.25) is 0 Å². The van der Waals surface area contributed by atoms with Gasteiger partial charge in [-0.2, -0.15) is 0 Å². The van der Waals surface area contributed by atoms with Gasteiger partial charge in [0.15, 0.2) is 5.69 Å². The number of carboxylic acids is 1. The van der Waals surface area contributed by atoms with Crippen molar-refractivity contribution in [1.29, 1.82) is 0 Å². The molecule has 32 heavy (non-hydrogen) atoms. The van der Waals surface area contributed by atoms with Gasteiger partial charge in [0, 0.05) is 40.7 Å². The summed E-state index contributed by atoms with van der Waals surface area (Å²) in [5.41, 5.74) is 9.59. The topological polar surface area (TPSA) is 98.2 Å². The summed E-state index contributed by atoms with van der Waals surface area (Å²) >= 11 is 1.27. The van der Waals surface area contributed by atoms with E-state index >= 15 is 0 Å². The maximum Gasteiger partial charge on any atom is 0.355 e. The van der Waals surface area contributed by atoms with Crippen LogP contribution < -0.4 is 11.3 Å². The van der Waals surface area contributed by atoms with Crippen LogP contribution in [-0.2, 0) is 13.1 Å². The molecule has 0 aliphatic carbocycles. The number of halogens is 1. The minimum absolute atomic E-state index is 0. The fraction of sp³-hybridized carbons (Fsp3) is 0.208. The van der Waals surface area contributed by atoms with Crippen LogP contribution in [0.25, 0.3) is 32.5 Å². The Morgan fingerprint density at radius 1 is 1.12 bits per heavy atom. The summed E-state index contributed by atoms with van der Waals surface area (Å²) < 4.78 is 1.79. The van der Waals surface area contributed by atoms with Crippen molar-refractivity contribution in [2.45, 2.75) is 26.9 Å². The first-order chi connectivity index (χ1) is 14.9. The van der Waals surface area contributed by atoms with Gasteiger partial charge in [-0.1, -0.05) is 50.2 Å². The number of pyridine rings is 1. The fourth-order valence-corrected chi connectivity index (χ4v) is 4.62. The molecular weight excluding hydrogens is 446 g/mol. The number of aromatic carboxylic acids is 1. The van der Waals surface area contributed by atoms with Crippen molar-refractivity contribution in [3.8, 4) is 21.7 Å². The van der Waals surface area contributed by atoms with Crippen LogP contribution in [0.4, 0.5) is 0 Å². The highest BCUT2D eigenvalue weighted by molar-refractivity contribution is 7.13. The van der Waals surface area contributed by atoms with Gasteiger partial charge in [0.1, 0.15) is 5.01 Å². The summed E-state index contributed by atoms with van der Waals surface area (Å²) in [6.07, 6.45) is 0. The predicted molar refractivity (Wildman–Crippen MR) is 132 cm³/mol. The molecular formula is C24H24ClN3O3S. The third-order valence-electron chi connectivity index (χ3n) is 5.15. The molecule has 0 amide bonds. The van der Waals surface area contributed by atoms with Crippen molar-refractivity contribution in [3.63, 3.8) is 0 Å². The largest absolute Gasteiger partial charge is 0.476 e. The fourth-order valence-electron chi connectivity index (χ4n) is 3.83. The Balaban J connectivity index is 0.00000289. The van der Waals surface area contributed by atoms with Crippen LogP contribution in [0.1, 0.15) is 30.0 Å². The molecule has 2 heterocycles. The smallest absolute Gasteiger partial charge is 0.355 e. The molecule has 0 aliphatic heterocycles. The first-order valence-electron chi connectivity index (χ1n) is 10.0. The second kappa shape index (κ2) is 9.65. The van der Waals surface area contributed by atoms with E-state index in [-0.39, 0.29) is 36.1 Å². The average Bonchev–Trinajstić information content (AvgIpc) is 3.26. The zero-order valence-corrected chi connectivity index (χ0v) is 19.4. The van der Waals surface area contributed by atoms with Crippen LogP contribution in [0, 0.1) is 5.92 Å². The van der Waals surface area contributed by atoms with Crippen molar-refractivity contribution in [2.24, 2.45) is 11.7 Å². The zero-order valence-electron chi connectivity index (χ0n) is 17.7. The van der Waals surface area contributed by atoms with Gasteiger partial charge in [0.2, 0.25) is 0 Å². The number of benzene rings is 2. The van der Waals surface area contributed by atoms with Crippen molar-refractivity contribution in [1.82, 2.24) is 9.55 Å². The molecule has 0 fully saturated rings. The van der Waals surface area contributed by atoms with Crippen LogP contribution in [-0.4, -0.2) is 20.6 Å². The van der Waals surface area contributed by atoms with E-state index in [1.54, 1.807) is 10.6 Å².